The molecule has 1 spiro atoms. The Balaban J connectivity index is 1.87. The van der Waals surface area contributed by atoms with Crippen LogP contribution >= 0.6 is 11.8 Å². The predicted molar refractivity (Wildman–Crippen MR) is 118 cm³/mol. The summed E-state index contributed by atoms with van der Waals surface area (Å²) in [4.78, 5) is 41.5. The molecule has 0 radical (unpaired) electrons. The average molecular weight is 440 g/mol. The lowest BCUT2D eigenvalue weighted by Gasteiger charge is -2.38. The summed E-state index contributed by atoms with van der Waals surface area (Å²) in [6.07, 6.45) is 6.21. The molecule has 3 unspecified atom stereocenters. The molecule has 7 nitrogen and oxygen atoms in total. The van der Waals surface area contributed by atoms with Crippen molar-refractivity contribution in [2.24, 2.45) is 17.8 Å². The number of hydrogen-bond acceptors (Lipinski definition) is 5. The van der Waals surface area contributed by atoms with Gasteiger partial charge in [0, 0.05) is 32.0 Å². The molecule has 0 aromatic carbocycles. The Hall–Kier alpha value is -1.28. The van der Waals surface area contributed by atoms with E-state index in [1.54, 1.807) is 23.7 Å². The van der Waals surface area contributed by atoms with Crippen LogP contribution in [0.4, 0.5) is 0 Å². The lowest BCUT2D eigenvalue weighted by Crippen LogP contribution is -2.56. The van der Waals surface area contributed by atoms with Gasteiger partial charge in [-0.1, -0.05) is 26.7 Å². The molecule has 30 heavy (non-hydrogen) atoms. The van der Waals surface area contributed by atoms with E-state index in [1.165, 1.54) is 0 Å². The van der Waals surface area contributed by atoms with E-state index in [9.17, 15) is 14.4 Å². The Morgan fingerprint density at radius 2 is 1.97 bits per heavy atom. The molecule has 3 rings (SSSR count). The van der Waals surface area contributed by atoms with Crippen molar-refractivity contribution in [3.63, 3.8) is 0 Å². The molecule has 3 saturated heterocycles. The zero-order valence-electron chi connectivity index (χ0n) is 18.5. The van der Waals surface area contributed by atoms with Gasteiger partial charge in [-0.3, -0.25) is 14.4 Å². The van der Waals surface area contributed by atoms with E-state index in [2.05, 4.69) is 24.5 Å². The van der Waals surface area contributed by atoms with Crippen molar-refractivity contribution in [2.75, 3.05) is 26.7 Å². The van der Waals surface area contributed by atoms with Gasteiger partial charge in [-0.15, -0.1) is 11.8 Å². The van der Waals surface area contributed by atoms with Crippen molar-refractivity contribution < 1.29 is 19.5 Å². The van der Waals surface area contributed by atoms with Crippen LogP contribution < -0.4 is 10.6 Å². The van der Waals surface area contributed by atoms with Gasteiger partial charge in [0.15, 0.2) is 0 Å². The summed E-state index contributed by atoms with van der Waals surface area (Å²) in [6.45, 7) is 5.53. The number of unbranched alkanes of at least 4 members (excludes halogenated alkanes) is 4. The van der Waals surface area contributed by atoms with Gasteiger partial charge in [-0.05, 0) is 38.0 Å². The summed E-state index contributed by atoms with van der Waals surface area (Å²) >= 11 is 1.72. The summed E-state index contributed by atoms with van der Waals surface area (Å²) < 4.78 is -0.523. The van der Waals surface area contributed by atoms with E-state index in [0.717, 1.165) is 38.5 Å². The summed E-state index contributed by atoms with van der Waals surface area (Å²) in [5, 5.41) is 15.0. The topological polar surface area (TPSA) is 98.7 Å². The van der Waals surface area contributed by atoms with Gasteiger partial charge in [0.2, 0.25) is 17.7 Å². The second-order valence-corrected chi connectivity index (χ2v) is 10.5. The molecule has 2 bridgehead atoms. The summed E-state index contributed by atoms with van der Waals surface area (Å²) in [5.41, 5.74) is 0. The molecular weight excluding hydrogens is 402 g/mol. The Bertz CT molecular complexity index is 660. The molecule has 0 aromatic heterocycles. The number of amides is 3. The number of rotatable bonds is 11. The number of fused-ring (bicyclic) bond motifs is 1. The monoisotopic (exact) mass is 439 g/mol. The Morgan fingerprint density at radius 1 is 1.20 bits per heavy atom. The summed E-state index contributed by atoms with van der Waals surface area (Å²) in [5.74, 6) is -0.772. The number of nitrogens with zero attached hydrogens (tertiary/aromatic N) is 1. The number of carbonyl (C=O) groups is 3. The molecular formula is C22H37N3O4S. The fraction of sp³-hybridized carbons (Fsp3) is 0.864. The van der Waals surface area contributed by atoms with Gasteiger partial charge in [0.1, 0.15) is 6.04 Å². The van der Waals surface area contributed by atoms with Crippen LogP contribution in [0.5, 0.6) is 0 Å². The van der Waals surface area contributed by atoms with E-state index in [0.29, 0.717) is 19.5 Å². The third-order valence-corrected chi connectivity index (χ3v) is 9.26. The minimum absolute atomic E-state index is 0.0390. The molecule has 3 N–H and O–H groups in total. The SMILES string of the molecule is CCCCCNC(=O)C1N(CCCCCO)C(=O)[C@@H]2[C@H](C(=O)NC)[C@@H]3CC(C)C12S3. The molecule has 3 aliphatic heterocycles. The number of aliphatic hydroxyl groups excluding tert-OH is 1. The molecule has 3 heterocycles. The van der Waals surface area contributed by atoms with Gasteiger partial charge in [-0.25, -0.2) is 0 Å². The predicted octanol–water partition coefficient (Wildman–Crippen LogP) is 1.54. The highest BCUT2D eigenvalue weighted by atomic mass is 32.2. The third kappa shape index (κ3) is 3.85. The fourth-order valence-electron chi connectivity index (χ4n) is 5.78. The highest BCUT2D eigenvalue weighted by molar-refractivity contribution is 8.02. The molecule has 6 atom stereocenters. The molecule has 3 aliphatic rings. The first-order valence-corrected chi connectivity index (χ1v) is 12.4. The van der Waals surface area contributed by atoms with Crippen molar-refractivity contribution in [1.82, 2.24) is 15.5 Å². The third-order valence-electron chi connectivity index (χ3n) is 7.18. The van der Waals surface area contributed by atoms with E-state index in [4.69, 9.17) is 5.11 Å². The second kappa shape index (κ2) is 9.90. The highest BCUT2D eigenvalue weighted by Gasteiger charge is 2.75. The summed E-state index contributed by atoms with van der Waals surface area (Å²) in [6, 6.07) is -0.523. The average Bonchev–Trinajstić information content (AvgIpc) is 3.32. The standard InChI is InChI=1S/C22H37N3O4S/c1-4-5-7-10-24-20(28)18-22-14(2)13-15(30-22)16(19(27)23-3)17(22)21(29)25(18)11-8-6-9-12-26/h14-18,26H,4-13H2,1-3H3,(H,23,27)(H,24,28)/t14?,15-,16+,17-,18?,22?/m0/s1. The van der Waals surface area contributed by atoms with Gasteiger partial charge in [-0.2, -0.15) is 0 Å². The van der Waals surface area contributed by atoms with Crippen molar-refractivity contribution in [3.05, 3.63) is 0 Å². The highest BCUT2D eigenvalue weighted by Crippen LogP contribution is 2.68. The number of carbonyl (C=O) groups excluding carboxylic acids is 3. The van der Waals surface area contributed by atoms with Crippen molar-refractivity contribution in [3.8, 4) is 0 Å². The number of hydrogen-bond donors (Lipinski definition) is 3. The number of aliphatic hydroxyl groups is 1. The van der Waals surface area contributed by atoms with E-state index in [-0.39, 0.29) is 41.4 Å². The van der Waals surface area contributed by atoms with E-state index >= 15 is 0 Å². The second-order valence-electron chi connectivity index (χ2n) is 8.98. The largest absolute Gasteiger partial charge is 0.396 e. The molecule has 0 aliphatic carbocycles. The van der Waals surface area contributed by atoms with Crippen LogP contribution in [0.3, 0.4) is 0 Å². The molecule has 3 amide bonds. The van der Waals surface area contributed by atoms with E-state index < -0.39 is 16.7 Å². The summed E-state index contributed by atoms with van der Waals surface area (Å²) in [7, 11) is 1.62. The van der Waals surface area contributed by atoms with Crippen LogP contribution in [-0.4, -0.2) is 70.5 Å². The quantitative estimate of drug-likeness (QED) is 0.424. The van der Waals surface area contributed by atoms with Crippen LogP contribution in [0.15, 0.2) is 0 Å². The fourth-order valence-corrected chi connectivity index (χ4v) is 8.20. The lowest BCUT2D eigenvalue weighted by atomic mass is 9.66. The molecule has 0 aromatic rings. The zero-order valence-corrected chi connectivity index (χ0v) is 19.3. The van der Waals surface area contributed by atoms with Crippen LogP contribution in [-0.2, 0) is 14.4 Å². The van der Waals surface area contributed by atoms with Crippen molar-refractivity contribution >= 4 is 29.5 Å². The van der Waals surface area contributed by atoms with Crippen LogP contribution in [0.1, 0.15) is 58.8 Å². The zero-order chi connectivity index (χ0) is 21.9. The molecule has 8 heteroatoms. The number of likely N-dealkylation sites (tertiary alicyclic amines) is 1. The number of nitrogens with one attached hydrogen (secondary N) is 2. The maximum Gasteiger partial charge on any atom is 0.244 e. The van der Waals surface area contributed by atoms with Crippen LogP contribution in [0.25, 0.3) is 0 Å². The van der Waals surface area contributed by atoms with Crippen LogP contribution in [0.2, 0.25) is 0 Å². The van der Waals surface area contributed by atoms with Crippen LogP contribution in [0, 0.1) is 17.8 Å². The first kappa shape index (κ1) is 23.4. The maximum absolute atomic E-state index is 13.6. The van der Waals surface area contributed by atoms with Crippen molar-refractivity contribution in [2.45, 2.75) is 74.8 Å². The maximum atomic E-state index is 13.6. The van der Waals surface area contributed by atoms with Gasteiger partial charge in [0.25, 0.3) is 0 Å². The lowest BCUT2D eigenvalue weighted by molar-refractivity contribution is -0.140. The molecule has 3 fully saturated rings. The number of thioether (sulfide) groups is 1. The van der Waals surface area contributed by atoms with Gasteiger partial charge in [0.05, 0.1) is 16.6 Å². The minimum Gasteiger partial charge on any atom is -0.396 e. The first-order chi connectivity index (χ1) is 14.4. The molecule has 0 saturated carbocycles. The van der Waals surface area contributed by atoms with E-state index in [1.807, 2.05) is 0 Å². The Morgan fingerprint density at radius 3 is 2.63 bits per heavy atom. The van der Waals surface area contributed by atoms with Gasteiger partial charge < -0.3 is 20.6 Å². The minimum atomic E-state index is -0.523. The van der Waals surface area contributed by atoms with Gasteiger partial charge >= 0.3 is 0 Å². The normalized spacial score (nSPS) is 34.3. The van der Waals surface area contributed by atoms with Crippen molar-refractivity contribution in [1.29, 1.82) is 0 Å². The molecule has 170 valence electrons. The smallest absolute Gasteiger partial charge is 0.244 e. The first-order valence-electron chi connectivity index (χ1n) is 11.5. The Labute approximate surface area is 184 Å². The Kier molecular flexibility index (Phi) is 7.71.